The van der Waals surface area contributed by atoms with Crippen LogP contribution in [0, 0.1) is 0 Å². The second-order valence-corrected chi connectivity index (χ2v) is 8.44. The molecule has 1 aliphatic carbocycles. The van der Waals surface area contributed by atoms with E-state index in [2.05, 4.69) is 27.2 Å². The number of nitrogens with one attached hydrogen (secondary N) is 1. The number of rotatable bonds is 6. The highest BCUT2D eigenvalue weighted by Crippen LogP contribution is 2.26. The third-order valence-electron chi connectivity index (χ3n) is 4.67. The fourth-order valence-electron chi connectivity index (χ4n) is 3.32. The summed E-state index contributed by atoms with van der Waals surface area (Å²) in [5.74, 6) is 2.25. The molecule has 0 aliphatic heterocycles. The van der Waals surface area contributed by atoms with Gasteiger partial charge in [0.1, 0.15) is 11.5 Å². The van der Waals surface area contributed by atoms with Crippen LogP contribution in [0.15, 0.2) is 30.5 Å². The zero-order valence-corrected chi connectivity index (χ0v) is 15.8. The molecule has 0 radical (unpaired) electrons. The first-order chi connectivity index (χ1) is 12.2. The highest BCUT2D eigenvalue weighted by Gasteiger charge is 2.25. The van der Waals surface area contributed by atoms with E-state index in [1.54, 1.807) is 6.20 Å². The molecule has 2 aromatic heterocycles. The third-order valence-corrected chi connectivity index (χ3v) is 6.41. The Kier molecular flexibility index (Phi) is 6.13. The van der Waals surface area contributed by atoms with Crippen molar-refractivity contribution in [1.82, 2.24) is 15.0 Å². The van der Waals surface area contributed by atoms with E-state index in [1.807, 2.05) is 31.2 Å². The van der Waals surface area contributed by atoms with E-state index in [9.17, 15) is 4.21 Å². The average molecular weight is 359 g/mol. The Labute approximate surface area is 152 Å². The molecule has 3 atom stereocenters. The summed E-state index contributed by atoms with van der Waals surface area (Å²) in [4.78, 5) is 13.7. The van der Waals surface area contributed by atoms with E-state index >= 15 is 0 Å². The lowest BCUT2D eigenvalue weighted by atomic mass is 9.95. The van der Waals surface area contributed by atoms with E-state index in [0.717, 1.165) is 55.1 Å². The first-order valence-electron chi connectivity index (χ1n) is 9.12. The quantitative estimate of drug-likeness (QED) is 0.855. The van der Waals surface area contributed by atoms with Crippen molar-refractivity contribution >= 4 is 16.6 Å². The lowest BCUT2D eigenvalue weighted by Gasteiger charge is -2.29. The van der Waals surface area contributed by atoms with Gasteiger partial charge in [0.25, 0.3) is 0 Å². The maximum atomic E-state index is 12.2. The average Bonchev–Trinajstić information content (AvgIpc) is 2.68. The van der Waals surface area contributed by atoms with Gasteiger partial charge in [0.05, 0.1) is 0 Å². The van der Waals surface area contributed by atoms with Crippen LogP contribution < -0.4 is 5.32 Å². The Hall–Kier alpha value is -1.82. The summed E-state index contributed by atoms with van der Waals surface area (Å²) in [7, 11) is -0.715. The molecule has 6 heteroatoms. The van der Waals surface area contributed by atoms with Gasteiger partial charge in [-0.2, -0.15) is 0 Å². The Balaban J connectivity index is 1.79. The minimum atomic E-state index is -0.715. The first-order valence-corrected chi connectivity index (χ1v) is 10.5. The summed E-state index contributed by atoms with van der Waals surface area (Å²) in [5.41, 5.74) is 1.79. The summed E-state index contributed by atoms with van der Waals surface area (Å²) in [6.45, 7) is 4.10. The number of hydrogen-bond donors (Lipinski definition) is 1. The van der Waals surface area contributed by atoms with Gasteiger partial charge in [0.15, 0.2) is 5.82 Å². The predicted octanol–water partition coefficient (Wildman–Crippen LogP) is 3.59. The molecule has 3 unspecified atom stereocenters. The van der Waals surface area contributed by atoms with Crippen molar-refractivity contribution in [1.29, 1.82) is 0 Å². The Morgan fingerprint density at radius 3 is 2.84 bits per heavy atom. The highest BCUT2D eigenvalue weighted by molar-refractivity contribution is 7.85. The molecule has 0 bridgehead atoms. The number of nitrogens with zero attached hydrogens (tertiary/aromatic N) is 3. The van der Waals surface area contributed by atoms with Crippen LogP contribution in [0.3, 0.4) is 0 Å². The second-order valence-electron chi connectivity index (χ2n) is 6.44. The van der Waals surface area contributed by atoms with Crippen LogP contribution in [0.1, 0.15) is 45.2 Å². The van der Waals surface area contributed by atoms with Crippen LogP contribution in [0.5, 0.6) is 0 Å². The van der Waals surface area contributed by atoms with E-state index in [0.29, 0.717) is 17.1 Å². The lowest BCUT2D eigenvalue weighted by molar-refractivity contribution is 0.464. The Morgan fingerprint density at radius 2 is 2.12 bits per heavy atom. The molecular formula is C19H26N4OS. The van der Waals surface area contributed by atoms with Gasteiger partial charge in [-0.15, -0.1) is 0 Å². The van der Waals surface area contributed by atoms with E-state index < -0.39 is 10.8 Å². The Bertz CT molecular complexity index is 723. The second kappa shape index (κ2) is 8.52. The molecule has 3 rings (SSSR count). The largest absolute Gasteiger partial charge is 0.367 e. The first kappa shape index (κ1) is 18.0. The van der Waals surface area contributed by atoms with Gasteiger partial charge in [0.2, 0.25) is 0 Å². The van der Waals surface area contributed by atoms with Crippen molar-refractivity contribution in [2.75, 3.05) is 11.1 Å². The standard InChI is InChI=1S/C19H26N4OS/c1-3-14-13-18(23-19(22-14)17-10-5-6-11-20-17)21-15-8-7-9-16(12-15)25(24)4-2/h5-6,10-11,13,15-16H,3-4,7-9,12H2,1-2H3,(H,21,22,23). The monoisotopic (exact) mass is 358 g/mol. The van der Waals surface area contributed by atoms with E-state index in [-0.39, 0.29) is 0 Å². The molecule has 25 heavy (non-hydrogen) atoms. The molecule has 0 saturated heterocycles. The Morgan fingerprint density at radius 1 is 1.24 bits per heavy atom. The minimum absolute atomic E-state index is 0.305. The molecule has 2 aromatic rings. The molecule has 0 spiro atoms. The fraction of sp³-hybridized carbons (Fsp3) is 0.526. The van der Waals surface area contributed by atoms with Crippen molar-refractivity contribution in [2.45, 2.75) is 57.2 Å². The smallest absolute Gasteiger partial charge is 0.180 e. The van der Waals surface area contributed by atoms with Gasteiger partial charge in [-0.3, -0.25) is 9.19 Å². The van der Waals surface area contributed by atoms with Gasteiger partial charge in [0, 0.05) is 45.8 Å². The number of hydrogen-bond acceptors (Lipinski definition) is 5. The van der Waals surface area contributed by atoms with Crippen LogP contribution in [-0.2, 0) is 17.2 Å². The molecule has 0 amide bonds. The molecule has 0 aromatic carbocycles. The molecule has 2 heterocycles. The molecule has 134 valence electrons. The van der Waals surface area contributed by atoms with Crippen molar-refractivity contribution in [3.8, 4) is 11.5 Å². The van der Waals surface area contributed by atoms with Gasteiger partial charge in [-0.25, -0.2) is 9.97 Å². The normalized spacial score (nSPS) is 21.7. The number of aryl methyl sites for hydroxylation is 1. The summed E-state index contributed by atoms with van der Waals surface area (Å²) in [6, 6.07) is 8.11. The molecule has 1 aliphatic rings. The van der Waals surface area contributed by atoms with Crippen LogP contribution in [-0.4, -0.2) is 36.2 Å². The molecule has 1 saturated carbocycles. The molecule has 1 fully saturated rings. The summed E-state index contributed by atoms with van der Waals surface area (Å²) >= 11 is 0. The molecule has 1 N–H and O–H groups in total. The van der Waals surface area contributed by atoms with Gasteiger partial charge in [-0.1, -0.05) is 26.3 Å². The van der Waals surface area contributed by atoms with Crippen molar-refractivity contribution < 1.29 is 4.21 Å². The lowest BCUT2D eigenvalue weighted by Crippen LogP contribution is -2.33. The van der Waals surface area contributed by atoms with Gasteiger partial charge in [-0.05, 0) is 37.8 Å². The number of pyridine rings is 1. The van der Waals surface area contributed by atoms with Crippen LogP contribution >= 0.6 is 0 Å². The zero-order chi connectivity index (χ0) is 17.6. The van der Waals surface area contributed by atoms with Gasteiger partial charge >= 0.3 is 0 Å². The summed E-state index contributed by atoms with van der Waals surface area (Å²) < 4.78 is 12.2. The van der Waals surface area contributed by atoms with Gasteiger partial charge < -0.3 is 5.32 Å². The predicted molar refractivity (Wildman–Crippen MR) is 103 cm³/mol. The fourth-order valence-corrected chi connectivity index (χ4v) is 4.67. The van der Waals surface area contributed by atoms with Crippen molar-refractivity contribution in [2.24, 2.45) is 0 Å². The highest BCUT2D eigenvalue weighted by atomic mass is 32.2. The third kappa shape index (κ3) is 4.63. The summed E-state index contributed by atoms with van der Waals surface area (Å²) in [6.07, 6.45) is 6.85. The van der Waals surface area contributed by atoms with E-state index in [1.165, 1.54) is 0 Å². The minimum Gasteiger partial charge on any atom is -0.367 e. The maximum Gasteiger partial charge on any atom is 0.180 e. The van der Waals surface area contributed by atoms with E-state index in [4.69, 9.17) is 0 Å². The number of anilines is 1. The zero-order valence-electron chi connectivity index (χ0n) is 14.9. The topological polar surface area (TPSA) is 67.8 Å². The maximum absolute atomic E-state index is 12.2. The van der Waals surface area contributed by atoms with Crippen molar-refractivity contribution in [3.05, 3.63) is 36.2 Å². The van der Waals surface area contributed by atoms with Crippen LogP contribution in [0.2, 0.25) is 0 Å². The number of aromatic nitrogens is 3. The van der Waals surface area contributed by atoms with Crippen LogP contribution in [0.4, 0.5) is 5.82 Å². The molecule has 5 nitrogen and oxygen atoms in total. The SMILES string of the molecule is CCc1cc(NC2CCCC(S(=O)CC)C2)nc(-c2ccccn2)n1. The summed E-state index contributed by atoms with van der Waals surface area (Å²) in [5, 5.41) is 3.87. The van der Waals surface area contributed by atoms with Crippen molar-refractivity contribution in [3.63, 3.8) is 0 Å². The molecular weight excluding hydrogens is 332 g/mol. The van der Waals surface area contributed by atoms with Crippen LogP contribution in [0.25, 0.3) is 11.5 Å².